The zero-order valence-corrected chi connectivity index (χ0v) is 12.5. The van der Waals surface area contributed by atoms with E-state index < -0.39 is 0 Å². The van der Waals surface area contributed by atoms with Crippen LogP contribution < -0.4 is 5.32 Å². The number of urea groups is 1. The van der Waals surface area contributed by atoms with Gasteiger partial charge in [-0.3, -0.25) is 0 Å². The minimum absolute atomic E-state index is 0.122. The lowest BCUT2D eigenvalue weighted by molar-refractivity contribution is 0.198. The number of amides is 2. The normalized spacial score (nSPS) is 17.9. The molecule has 0 unspecified atom stereocenters. The highest BCUT2D eigenvalue weighted by Gasteiger charge is 2.36. The van der Waals surface area contributed by atoms with Crippen molar-refractivity contribution in [1.82, 2.24) is 4.90 Å². The summed E-state index contributed by atoms with van der Waals surface area (Å²) in [5, 5.41) is 3.84. The van der Waals surface area contributed by atoms with Gasteiger partial charge in [0.2, 0.25) is 0 Å². The Morgan fingerprint density at radius 3 is 2.44 bits per heavy atom. The maximum absolute atomic E-state index is 12.2. The van der Waals surface area contributed by atoms with Crippen molar-refractivity contribution in [3.63, 3.8) is 0 Å². The number of hydrogen-bond acceptors (Lipinski definition) is 2. The van der Waals surface area contributed by atoms with Gasteiger partial charge in [0.1, 0.15) is 0 Å². The van der Waals surface area contributed by atoms with Crippen molar-refractivity contribution >= 4 is 46.7 Å². The zero-order chi connectivity index (χ0) is 13.3. The highest BCUT2D eigenvalue weighted by Crippen LogP contribution is 2.35. The van der Waals surface area contributed by atoms with Gasteiger partial charge in [0.05, 0.1) is 4.87 Å². The van der Waals surface area contributed by atoms with Crippen LogP contribution in [0.1, 0.15) is 13.8 Å². The van der Waals surface area contributed by atoms with Crippen LogP contribution in [0.2, 0.25) is 10.0 Å². The molecule has 1 aliphatic rings. The number of halogens is 2. The number of nitrogens with one attached hydrogen (secondary N) is 1. The second-order valence-corrected chi connectivity index (χ2v) is 7.10. The van der Waals surface area contributed by atoms with Gasteiger partial charge in [0.15, 0.2) is 0 Å². The predicted molar refractivity (Wildman–Crippen MR) is 78.7 cm³/mol. The van der Waals surface area contributed by atoms with Gasteiger partial charge in [-0.05, 0) is 32.0 Å². The molecule has 1 saturated heterocycles. The summed E-state index contributed by atoms with van der Waals surface area (Å²) in [6.07, 6.45) is 0. The Bertz CT molecular complexity index is 459. The molecule has 1 N–H and O–H groups in total. The minimum Gasteiger partial charge on any atom is -0.310 e. The Morgan fingerprint density at radius 2 is 1.94 bits per heavy atom. The van der Waals surface area contributed by atoms with Crippen molar-refractivity contribution < 1.29 is 4.79 Å². The lowest BCUT2D eigenvalue weighted by Gasteiger charge is -2.30. The highest BCUT2D eigenvalue weighted by molar-refractivity contribution is 8.00. The first kappa shape index (κ1) is 13.8. The van der Waals surface area contributed by atoms with E-state index in [9.17, 15) is 4.79 Å². The quantitative estimate of drug-likeness (QED) is 0.838. The first-order chi connectivity index (χ1) is 8.38. The topological polar surface area (TPSA) is 32.3 Å². The van der Waals surface area contributed by atoms with Crippen LogP contribution in [-0.4, -0.2) is 28.1 Å². The zero-order valence-electron chi connectivity index (χ0n) is 10.2. The second-order valence-electron chi connectivity index (χ2n) is 4.54. The van der Waals surface area contributed by atoms with Crippen molar-refractivity contribution in [3.05, 3.63) is 28.2 Å². The van der Waals surface area contributed by atoms with Crippen LogP contribution >= 0.6 is 35.0 Å². The van der Waals surface area contributed by atoms with Crippen LogP contribution in [0, 0.1) is 0 Å². The predicted octanol–water partition coefficient (Wildman–Crippen LogP) is 4.31. The Morgan fingerprint density at radius 1 is 1.33 bits per heavy atom. The van der Waals surface area contributed by atoms with E-state index in [-0.39, 0.29) is 10.9 Å². The van der Waals surface area contributed by atoms with Gasteiger partial charge in [-0.15, -0.1) is 11.8 Å². The standard InChI is InChI=1S/C12H14Cl2N2OS/c1-12(2)16(3-4-18-12)11(17)15-10-6-8(13)5-9(14)7-10/h5-7H,3-4H2,1-2H3,(H,15,17). The number of benzene rings is 1. The van der Waals surface area contributed by atoms with E-state index in [1.165, 1.54) is 0 Å². The first-order valence-electron chi connectivity index (χ1n) is 5.57. The molecule has 1 aromatic rings. The van der Waals surface area contributed by atoms with Gasteiger partial charge in [0, 0.05) is 28.0 Å². The van der Waals surface area contributed by atoms with Crippen molar-refractivity contribution in [2.24, 2.45) is 0 Å². The maximum atomic E-state index is 12.2. The average molecular weight is 305 g/mol. The molecule has 0 aromatic heterocycles. The van der Waals surface area contributed by atoms with E-state index in [4.69, 9.17) is 23.2 Å². The van der Waals surface area contributed by atoms with Crippen molar-refractivity contribution in [3.8, 4) is 0 Å². The Hall–Kier alpha value is -0.580. The molecular formula is C12H14Cl2N2OS. The molecular weight excluding hydrogens is 291 g/mol. The summed E-state index contributed by atoms with van der Waals surface area (Å²) in [5.74, 6) is 0.955. The number of carbonyl (C=O) groups is 1. The summed E-state index contributed by atoms with van der Waals surface area (Å²) in [6, 6.07) is 4.88. The number of anilines is 1. The third-order valence-electron chi connectivity index (χ3n) is 2.78. The van der Waals surface area contributed by atoms with Gasteiger partial charge < -0.3 is 10.2 Å². The molecule has 0 radical (unpaired) electrons. The molecule has 6 heteroatoms. The van der Waals surface area contributed by atoms with Gasteiger partial charge in [-0.2, -0.15) is 0 Å². The number of thioether (sulfide) groups is 1. The molecule has 1 fully saturated rings. The van der Waals surface area contributed by atoms with Crippen LogP contribution in [0.3, 0.4) is 0 Å². The fourth-order valence-corrected chi connectivity index (χ4v) is 3.53. The summed E-state index contributed by atoms with van der Waals surface area (Å²) in [4.78, 5) is 13.8. The smallest absolute Gasteiger partial charge is 0.310 e. The van der Waals surface area contributed by atoms with Crippen LogP contribution in [0.15, 0.2) is 18.2 Å². The van der Waals surface area contributed by atoms with Gasteiger partial charge >= 0.3 is 6.03 Å². The van der Waals surface area contributed by atoms with E-state index in [2.05, 4.69) is 5.32 Å². The van der Waals surface area contributed by atoms with E-state index >= 15 is 0 Å². The largest absolute Gasteiger partial charge is 0.322 e. The maximum Gasteiger partial charge on any atom is 0.322 e. The number of carbonyl (C=O) groups excluding carboxylic acids is 1. The third kappa shape index (κ3) is 3.05. The average Bonchev–Trinajstić information content (AvgIpc) is 2.56. The molecule has 2 rings (SSSR count). The Kier molecular flexibility index (Phi) is 3.99. The van der Waals surface area contributed by atoms with Crippen LogP contribution in [0.4, 0.5) is 10.5 Å². The molecule has 3 nitrogen and oxygen atoms in total. The highest BCUT2D eigenvalue weighted by atomic mass is 35.5. The summed E-state index contributed by atoms with van der Waals surface area (Å²) in [5.41, 5.74) is 0.616. The fourth-order valence-electron chi connectivity index (χ4n) is 1.90. The van der Waals surface area contributed by atoms with Gasteiger partial charge in [-0.25, -0.2) is 4.79 Å². The molecule has 18 heavy (non-hydrogen) atoms. The fraction of sp³-hybridized carbons (Fsp3) is 0.417. The van der Waals surface area contributed by atoms with E-state index in [0.717, 1.165) is 12.3 Å². The first-order valence-corrected chi connectivity index (χ1v) is 7.31. The van der Waals surface area contributed by atoms with E-state index in [1.54, 1.807) is 30.0 Å². The molecule has 0 spiro atoms. The SMILES string of the molecule is CC1(C)SCCN1C(=O)Nc1cc(Cl)cc(Cl)c1. The summed E-state index contributed by atoms with van der Waals surface area (Å²) >= 11 is 13.6. The van der Waals surface area contributed by atoms with Gasteiger partial charge in [0.25, 0.3) is 0 Å². The molecule has 98 valence electrons. The molecule has 1 aromatic carbocycles. The van der Waals surface area contributed by atoms with Crippen LogP contribution in [-0.2, 0) is 0 Å². The summed E-state index contributed by atoms with van der Waals surface area (Å²) in [7, 11) is 0. The molecule has 2 amide bonds. The van der Waals surface area contributed by atoms with Crippen molar-refractivity contribution in [1.29, 1.82) is 0 Å². The number of rotatable bonds is 1. The molecule has 1 heterocycles. The molecule has 0 saturated carbocycles. The Labute approximate surface area is 121 Å². The van der Waals surface area contributed by atoms with Crippen LogP contribution in [0.25, 0.3) is 0 Å². The second kappa shape index (κ2) is 5.19. The Balaban J connectivity index is 2.12. The minimum atomic E-state index is -0.174. The monoisotopic (exact) mass is 304 g/mol. The third-order valence-corrected chi connectivity index (χ3v) is 4.53. The lowest BCUT2D eigenvalue weighted by atomic mass is 10.3. The number of nitrogens with zero attached hydrogens (tertiary/aromatic N) is 1. The molecule has 1 aliphatic heterocycles. The summed E-state index contributed by atoms with van der Waals surface area (Å²) in [6.45, 7) is 4.82. The van der Waals surface area contributed by atoms with Crippen molar-refractivity contribution in [2.45, 2.75) is 18.7 Å². The number of hydrogen-bond donors (Lipinski definition) is 1. The van der Waals surface area contributed by atoms with Crippen molar-refractivity contribution in [2.75, 3.05) is 17.6 Å². The molecule has 0 bridgehead atoms. The van der Waals surface area contributed by atoms with E-state index in [1.807, 2.05) is 18.7 Å². The summed E-state index contributed by atoms with van der Waals surface area (Å²) < 4.78 is 0. The van der Waals surface area contributed by atoms with Crippen LogP contribution in [0.5, 0.6) is 0 Å². The van der Waals surface area contributed by atoms with Gasteiger partial charge in [-0.1, -0.05) is 23.2 Å². The molecule has 0 atom stereocenters. The van der Waals surface area contributed by atoms with E-state index in [0.29, 0.717) is 15.7 Å². The molecule has 0 aliphatic carbocycles. The lowest BCUT2D eigenvalue weighted by Crippen LogP contribution is -2.43.